The fourth-order valence-corrected chi connectivity index (χ4v) is 5.87. The first-order valence-corrected chi connectivity index (χ1v) is 14.6. The second kappa shape index (κ2) is 10.7. The van der Waals surface area contributed by atoms with Crippen LogP contribution in [0.2, 0.25) is 0 Å². The Labute approximate surface area is 229 Å². The second-order valence-electron chi connectivity index (χ2n) is 8.74. The van der Waals surface area contributed by atoms with Crippen LogP contribution >= 0.6 is 19.3 Å². The van der Waals surface area contributed by atoms with Gasteiger partial charge in [0.15, 0.2) is 22.6 Å². The molecule has 0 radical (unpaired) electrons. The zero-order valence-corrected chi connectivity index (χ0v) is 22.6. The quantitative estimate of drug-likeness (QED) is 0.108. The van der Waals surface area contributed by atoms with Gasteiger partial charge in [-0.25, -0.2) is 24.3 Å². The zero-order valence-electron chi connectivity index (χ0n) is 20.0. The number of H-pyrrole nitrogens is 1. The molecule has 1 fully saturated rings. The number of alkyl halides is 1. The average Bonchev–Trinajstić information content (AvgIpc) is 3.60. The minimum atomic E-state index is -4.18. The molecule has 1 aliphatic rings. The smallest absolute Gasteiger partial charge is 0.327 e. The van der Waals surface area contributed by atoms with Crippen LogP contribution in [0, 0.1) is 0 Å². The third-order valence-electron chi connectivity index (χ3n) is 6.19. The van der Waals surface area contributed by atoms with Gasteiger partial charge >= 0.3 is 6.72 Å². The molecule has 1 saturated heterocycles. The average molecular weight is 603 g/mol. The van der Waals surface area contributed by atoms with Crippen LogP contribution in [-0.4, -0.2) is 74.2 Å². The number of halogens is 1. The molecular formula is C19H24FN10O6PS2. The summed E-state index contributed by atoms with van der Waals surface area (Å²) in [6, 6.07) is 0. The lowest BCUT2D eigenvalue weighted by molar-refractivity contribution is -0.105. The van der Waals surface area contributed by atoms with E-state index in [2.05, 4.69) is 42.5 Å². The molecule has 5 rings (SSSR count). The highest BCUT2D eigenvalue weighted by molar-refractivity contribution is 8.07. The molecule has 5 atom stereocenters. The third-order valence-corrected chi connectivity index (χ3v) is 8.17. The summed E-state index contributed by atoms with van der Waals surface area (Å²) in [7, 11) is 0. The SMILES string of the molecule is Nc1nc2c(ncn2[C@H](S)[C@@H](F)OP(O)(=S)OCC2(CCO)CC[C@H](n3cnc4c(N)ncnc43)O2)c(=O)[nH]1. The van der Waals surface area contributed by atoms with Crippen LogP contribution in [-0.2, 0) is 25.6 Å². The first-order chi connectivity index (χ1) is 18.5. The van der Waals surface area contributed by atoms with E-state index in [9.17, 15) is 14.8 Å². The van der Waals surface area contributed by atoms with Gasteiger partial charge in [0, 0.05) is 13.0 Å². The number of hydrogen-bond donors (Lipinski definition) is 6. The van der Waals surface area contributed by atoms with Gasteiger partial charge in [-0.3, -0.25) is 23.4 Å². The molecule has 0 aromatic carbocycles. The summed E-state index contributed by atoms with van der Waals surface area (Å²) in [5, 5.41) is 8.26. The lowest BCUT2D eigenvalue weighted by Gasteiger charge is -2.31. The van der Waals surface area contributed by atoms with Gasteiger partial charge < -0.3 is 30.7 Å². The Morgan fingerprint density at radius 2 is 2.08 bits per heavy atom. The van der Waals surface area contributed by atoms with Crippen LogP contribution in [0.4, 0.5) is 16.2 Å². The van der Waals surface area contributed by atoms with Crippen LogP contribution in [0.1, 0.15) is 30.9 Å². The van der Waals surface area contributed by atoms with Gasteiger partial charge in [-0.05, 0) is 24.6 Å². The number of anilines is 2. The topological polar surface area (TPSA) is 227 Å². The Morgan fingerprint density at radius 1 is 1.31 bits per heavy atom. The van der Waals surface area contributed by atoms with E-state index < -0.39 is 35.8 Å². The lowest BCUT2D eigenvalue weighted by Crippen LogP contribution is -2.35. The number of imidazole rings is 2. The molecule has 16 nitrogen and oxygen atoms in total. The van der Waals surface area contributed by atoms with Crippen LogP contribution in [0.25, 0.3) is 22.3 Å². The van der Waals surface area contributed by atoms with E-state index in [1.54, 1.807) is 4.57 Å². The number of nitrogens with two attached hydrogens (primary N) is 2. The fraction of sp³-hybridized carbons (Fsp3) is 0.474. The predicted molar refractivity (Wildman–Crippen MR) is 143 cm³/mol. The number of nitrogen functional groups attached to an aromatic ring is 2. The molecule has 39 heavy (non-hydrogen) atoms. The molecule has 210 valence electrons. The van der Waals surface area contributed by atoms with Gasteiger partial charge in [-0.2, -0.15) is 4.98 Å². The molecule has 20 heteroatoms. The minimum absolute atomic E-state index is 0.0407. The van der Waals surface area contributed by atoms with Crippen LogP contribution < -0.4 is 17.0 Å². The molecule has 0 bridgehead atoms. The Bertz CT molecular complexity index is 1620. The molecule has 5 heterocycles. The number of aliphatic hydroxyl groups excluding tert-OH is 1. The summed E-state index contributed by atoms with van der Waals surface area (Å²) in [6.45, 7) is -4.73. The molecule has 4 aromatic rings. The standard InChI is InChI=1S/C19H24FN10O6PS2/c20-12(17(38)30-8-26-11-15(30)27-18(22)28-16(11)32)36-37(33,39)34-5-19(3-4-31)2-1-9(35-19)29-7-25-10-13(21)23-6-24-14(10)29/h6-9,12,17,31,38H,1-5H2,(H,33,39)(H2,21,23,24)(H3,22,27,28,32)/t9-,12+,17-,19?,37?/m1/s1. The summed E-state index contributed by atoms with van der Waals surface area (Å²) >= 11 is 9.20. The van der Waals surface area contributed by atoms with E-state index in [1.807, 2.05) is 0 Å². The predicted octanol–water partition coefficient (Wildman–Crippen LogP) is 0.528. The summed E-state index contributed by atoms with van der Waals surface area (Å²) in [6.07, 6.45) is 2.16. The van der Waals surface area contributed by atoms with Crippen molar-refractivity contribution in [3.05, 3.63) is 29.3 Å². The number of hydrogen-bond acceptors (Lipinski definition) is 14. The number of nitrogens with zero attached hydrogens (tertiary/aromatic N) is 7. The van der Waals surface area contributed by atoms with Crippen molar-refractivity contribution in [3.63, 3.8) is 0 Å². The second-order valence-corrected chi connectivity index (χ2v) is 12.1. The highest BCUT2D eigenvalue weighted by Gasteiger charge is 2.43. The normalized spacial score (nSPS) is 22.8. The number of aromatic amines is 1. The molecule has 1 aliphatic heterocycles. The molecule has 0 saturated carbocycles. The molecular weight excluding hydrogens is 578 g/mol. The van der Waals surface area contributed by atoms with E-state index in [0.717, 1.165) is 10.9 Å². The monoisotopic (exact) mass is 602 g/mol. The van der Waals surface area contributed by atoms with Crippen molar-refractivity contribution < 1.29 is 28.2 Å². The zero-order chi connectivity index (χ0) is 27.9. The summed E-state index contributed by atoms with van der Waals surface area (Å²) < 4.78 is 34.6. The van der Waals surface area contributed by atoms with E-state index >= 15 is 4.39 Å². The lowest BCUT2D eigenvalue weighted by atomic mass is 9.97. The maximum atomic E-state index is 15.1. The number of ether oxygens (including phenoxy) is 1. The van der Waals surface area contributed by atoms with Crippen LogP contribution in [0.15, 0.2) is 23.8 Å². The first kappa shape index (κ1) is 27.8. The Kier molecular flexibility index (Phi) is 7.59. The summed E-state index contributed by atoms with van der Waals surface area (Å²) in [4.78, 5) is 45.1. The van der Waals surface area contributed by atoms with Crippen molar-refractivity contribution in [1.82, 2.24) is 39.0 Å². The van der Waals surface area contributed by atoms with E-state index in [4.69, 9.17) is 37.1 Å². The number of aliphatic hydroxyl groups is 1. The molecule has 0 aliphatic carbocycles. The van der Waals surface area contributed by atoms with Gasteiger partial charge in [-0.15, -0.1) is 12.6 Å². The highest BCUT2D eigenvalue weighted by atomic mass is 32.5. The molecule has 2 unspecified atom stereocenters. The summed E-state index contributed by atoms with van der Waals surface area (Å²) in [5.41, 5.74) is 10.5. The third kappa shape index (κ3) is 5.48. The largest absolute Gasteiger partial charge is 0.396 e. The van der Waals surface area contributed by atoms with Gasteiger partial charge in [0.25, 0.3) is 5.56 Å². The Balaban J connectivity index is 1.27. The number of nitrogens with one attached hydrogen (secondary N) is 1. The van der Waals surface area contributed by atoms with Gasteiger partial charge in [0.05, 0.1) is 24.9 Å². The molecule has 7 N–H and O–H groups in total. The van der Waals surface area contributed by atoms with Crippen molar-refractivity contribution >= 4 is 65.2 Å². The molecule has 0 spiro atoms. The van der Waals surface area contributed by atoms with Crippen molar-refractivity contribution in [1.29, 1.82) is 0 Å². The maximum absolute atomic E-state index is 15.1. The van der Waals surface area contributed by atoms with Gasteiger partial charge in [0.1, 0.15) is 23.4 Å². The summed E-state index contributed by atoms with van der Waals surface area (Å²) in [5.74, 6) is 0.0169. The fourth-order valence-electron chi connectivity index (χ4n) is 4.31. The Hall–Kier alpha value is -2.77. The minimum Gasteiger partial charge on any atom is -0.396 e. The Morgan fingerprint density at radius 3 is 2.85 bits per heavy atom. The maximum Gasteiger partial charge on any atom is 0.327 e. The highest BCUT2D eigenvalue weighted by Crippen LogP contribution is 2.50. The van der Waals surface area contributed by atoms with Crippen molar-refractivity contribution in [2.75, 3.05) is 24.7 Å². The molecule has 4 aromatic heterocycles. The van der Waals surface area contributed by atoms with Crippen molar-refractivity contribution in [3.8, 4) is 0 Å². The first-order valence-electron chi connectivity index (χ1n) is 11.4. The van der Waals surface area contributed by atoms with Crippen molar-refractivity contribution in [2.24, 2.45) is 0 Å². The number of fused-ring (bicyclic) bond motifs is 2. The van der Waals surface area contributed by atoms with Gasteiger partial charge in [0.2, 0.25) is 12.3 Å². The van der Waals surface area contributed by atoms with Gasteiger partial charge in [-0.1, -0.05) is 0 Å². The van der Waals surface area contributed by atoms with Crippen LogP contribution in [0.3, 0.4) is 0 Å². The number of rotatable bonds is 10. The number of thiol groups is 1. The molecule has 0 amide bonds. The van der Waals surface area contributed by atoms with E-state index in [1.165, 1.54) is 12.7 Å². The van der Waals surface area contributed by atoms with Crippen LogP contribution in [0.5, 0.6) is 0 Å². The van der Waals surface area contributed by atoms with E-state index in [-0.39, 0.29) is 42.6 Å². The van der Waals surface area contributed by atoms with Crippen molar-refractivity contribution in [2.45, 2.75) is 42.8 Å². The number of aromatic nitrogens is 8. The van der Waals surface area contributed by atoms with E-state index in [0.29, 0.717) is 24.0 Å².